The van der Waals surface area contributed by atoms with Gasteiger partial charge < -0.3 is 14.6 Å². The van der Waals surface area contributed by atoms with Crippen molar-refractivity contribution in [2.75, 3.05) is 14.2 Å². The van der Waals surface area contributed by atoms with Gasteiger partial charge in [-0.2, -0.15) is 0 Å². The highest BCUT2D eigenvalue weighted by atomic mass is 79.9. The van der Waals surface area contributed by atoms with Gasteiger partial charge in [0.05, 0.1) is 20.3 Å². The lowest BCUT2D eigenvalue weighted by Crippen LogP contribution is -2.04. The van der Waals surface area contributed by atoms with Gasteiger partial charge in [-0.25, -0.2) is 4.39 Å². The van der Waals surface area contributed by atoms with Crippen molar-refractivity contribution in [1.29, 1.82) is 0 Å². The fraction of sp³-hybridized carbons (Fsp3) is 0.250. The summed E-state index contributed by atoms with van der Waals surface area (Å²) in [6, 6.07) is 9.57. The molecule has 2 rings (SSSR count). The maximum absolute atomic E-state index is 12.9. The Hall–Kier alpha value is -1.59. The predicted molar refractivity (Wildman–Crippen MR) is 82.3 cm³/mol. The molecule has 5 heteroatoms. The summed E-state index contributed by atoms with van der Waals surface area (Å²) in [5, 5.41) is 10.4. The number of hydrogen-bond acceptors (Lipinski definition) is 3. The van der Waals surface area contributed by atoms with E-state index in [1.807, 2.05) is 0 Å². The average molecular weight is 355 g/mol. The summed E-state index contributed by atoms with van der Waals surface area (Å²) in [7, 11) is 3.10. The molecule has 21 heavy (non-hydrogen) atoms. The van der Waals surface area contributed by atoms with Gasteiger partial charge in [0.15, 0.2) is 11.5 Å². The highest BCUT2D eigenvalue weighted by molar-refractivity contribution is 9.10. The van der Waals surface area contributed by atoms with Crippen molar-refractivity contribution in [2.24, 2.45) is 0 Å². The van der Waals surface area contributed by atoms with Crippen LogP contribution in [0.3, 0.4) is 0 Å². The first kappa shape index (κ1) is 15.8. The number of benzene rings is 2. The minimum Gasteiger partial charge on any atom is -0.493 e. The maximum Gasteiger partial charge on any atom is 0.161 e. The summed E-state index contributed by atoms with van der Waals surface area (Å²) in [6.07, 6.45) is -0.349. The van der Waals surface area contributed by atoms with Crippen LogP contribution in [-0.2, 0) is 6.42 Å². The Bertz CT molecular complexity index is 614. The minimum atomic E-state index is -0.732. The predicted octanol–water partition coefficient (Wildman–Crippen LogP) is 3.88. The molecule has 0 spiro atoms. The van der Waals surface area contributed by atoms with Crippen molar-refractivity contribution < 1.29 is 19.0 Å². The summed E-state index contributed by atoms with van der Waals surface area (Å²) in [6.45, 7) is 0. The molecule has 0 aliphatic heterocycles. The van der Waals surface area contributed by atoms with Crippen LogP contribution in [0.4, 0.5) is 4.39 Å². The zero-order valence-corrected chi connectivity index (χ0v) is 13.4. The number of halogens is 2. The molecular formula is C16H16BrFO3. The van der Waals surface area contributed by atoms with Crippen molar-refractivity contribution in [3.05, 3.63) is 57.8 Å². The van der Waals surface area contributed by atoms with E-state index in [9.17, 15) is 9.50 Å². The van der Waals surface area contributed by atoms with Crippen LogP contribution >= 0.6 is 15.9 Å². The SMILES string of the molecule is COc1cc(Br)c(C(O)Cc2ccc(F)cc2)cc1OC. The molecule has 1 unspecified atom stereocenters. The van der Waals surface area contributed by atoms with Crippen LogP contribution < -0.4 is 9.47 Å². The average Bonchev–Trinajstić information content (AvgIpc) is 2.49. The molecule has 0 radical (unpaired) electrons. The lowest BCUT2D eigenvalue weighted by molar-refractivity contribution is 0.177. The first-order valence-electron chi connectivity index (χ1n) is 6.39. The van der Waals surface area contributed by atoms with Gasteiger partial charge in [0.1, 0.15) is 5.82 Å². The van der Waals surface area contributed by atoms with Crippen molar-refractivity contribution in [2.45, 2.75) is 12.5 Å². The van der Waals surface area contributed by atoms with Crippen LogP contribution in [0.1, 0.15) is 17.2 Å². The first-order chi connectivity index (χ1) is 10.0. The summed E-state index contributed by atoms with van der Waals surface area (Å²) in [5.41, 5.74) is 1.54. The number of rotatable bonds is 5. The summed E-state index contributed by atoms with van der Waals surface area (Å²) >= 11 is 3.42. The van der Waals surface area contributed by atoms with Gasteiger partial charge in [-0.3, -0.25) is 0 Å². The highest BCUT2D eigenvalue weighted by Crippen LogP contribution is 2.36. The molecule has 0 amide bonds. The Labute approximate surface area is 131 Å². The molecule has 0 saturated heterocycles. The van der Waals surface area contributed by atoms with Gasteiger partial charge >= 0.3 is 0 Å². The second kappa shape index (κ2) is 6.91. The molecule has 0 aliphatic rings. The molecule has 3 nitrogen and oxygen atoms in total. The number of hydrogen-bond donors (Lipinski definition) is 1. The largest absolute Gasteiger partial charge is 0.493 e. The Balaban J connectivity index is 2.26. The van der Waals surface area contributed by atoms with E-state index >= 15 is 0 Å². The first-order valence-corrected chi connectivity index (χ1v) is 7.18. The molecular weight excluding hydrogens is 339 g/mol. The molecule has 0 fully saturated rings. The van der Waals surface area contributed by atoms with Crippen LogP contribution in [0, 0.1) is 5.82 Å². The number of ether oxygens (including phenoxy) is 2. The molecule has 0 bridgehead atoms. The zero-order valence-electron chi connectivity index (χ0n) is 11.8. The molecule has 2 aromatic carbocycles. The second-order valence-electron chi connectivity index (χ2n) is 4.58. The molecule has 0 saturated carbocycles. The molecule has 0 heterocycles. The fourth-order valence-corrected chi connectivity index (χ4v) is 2.67. The van der Waals surface area contributed by atoms with E-state index in [-0.39, 0.29) is 5.82 Å². The summed E-state index contributed by atoms with van der Waals surface area (Å²) in [5.74, 6) is 0.844. The Morgan fingerprint density at radius 3 is 2.24 bits per heavy atom. The van der Waals surface area contributed by atoms with E-state index in [1.54, 1.807) is 38.5 Å². The van der Waals surface area contributed by atoms with E-state index in [1.165, 1.54) is 12.1 Å². The topological polar surface area (TPSA) is 38.7 Å². The minimum absolute atomic E-state index is 0.291. The quantitative estimate of drug-likeness (QED) is 0.885. The summed E-state index contributed by atoms with van der Waals surface area (Å²) in [4.78, 5) is 0. The Morgan fingerprint density at radius 1 is 1.10 bits per heavy atom. The molecule has 0 aromatic heterocycles. The number of aliphatic hydroxyl groups excluding tert-OH is 1. The molecule has 2 aromatic rings. The monoisotopic (exact) mass is 354 g/mol. The maximum atomic E-state index is 12.9. The van der Waals surface area contributed by atoms with E-state index in [0.717, 1.165) is 10.0 Å². The smallest absolute Gasteiger partial charge is 0.161 e. The fourth-order valence-electron chi connectivity index (χ4n) is 2.08. The molecule has 112 valence electrons. The van der Waals surface area contributed by atoms with Crippen molar-refractivity contribution in [3.63, 3.8) is 0 Å². The molecule has 1 atom stereocenters. The van der Waals surface area contributed by atoms with Crippen molar-refractivity contribution >= 4 is 15.9 Å². The van der Waals surface area contributed by atoms with Crippen LogP contribution in [0.2, 0.25) is 0 Å². The third-order valence-corrected chi connectivity index (χ3v) is 3.89. The summed E-state index contributed by atoms with van der Waals surface area (Å²) < 4.78 is 24.1. The van der Waals surface area contributed by atoms with Gasteiger partial charge in [0.2, 0.25) is 0 Å². The van der Waals surface area contributed by atoms with Crippen molar-refractivity contribution in [1.82, 2.24) is 0 Å². The Kier molecular flexibility index (Phi) is 5.20. The van der Waals surface area contributed by atoms with Gasteiger partial charge in [0, 0.05) is 10.9 Å². The highest BCUT2D eigenvalue weighted by Gasteiger charge is 2.16. The van der Waals surface area contributed by atoms with Crippen LogP contribution in [0.5, 0.6) is 11.5 Å². The van der Waals surface area contributed by atoms with Crippen LogP contribution in [0.15, 0.2) is 40.9 Å². The van der Waals surface area contributed by atoms with Crippen LogP contribution in [-0.4, -0.2) is 19.3 Å². The van der Waals surface area contributed by atoms with E-state index in [2.05, 4.69) is 15.9 Å². The molecule has 0 aliphatic carbocycles. The number of aliphatic hydroxyl groups is 1. The van der Waals surface area contributed by atoms with Gasteiger partial charge in [-0.15, -0.1) is 0 Å². The van der Waals surface area contributed by atoms with Crippen molar-refractivity contribution in [3.8, 4) is 11.5 Å². The Morgan fingerprint density at radius 2 is 1.67 bits per heavy atom. The third-order valence-electron chi connectivity index (χ3n) is 3.20. The molecule has 1 N–H and O–H groups in total. The normalized spacial score (nSPS) is 12.0. The van der Waals surface area contributed by atoms with Gasteiger partial charge in [0.25, 0.3) is 0 Å². The van der Waals surface area contributed by atoms with Gasteiger partial charge in [-0.05, 0) is 35.4 Å². The van der Waals surface area contributed by atoms with E-state index in [0.29, 0.717) is 23.5 Å². The second-order valence-corrected chi connectivity index (χ2v) is 5.43. The lowest BCUT2D eigenvalue weighted by Gasteiger charge is -2.16. The zero-order chi connectivity index (χ0) is 15.4. The van der Waals surface area contributed by atoms with E-state index in [4.69, 9.17) is 9.47 Å². The van der Waals surface area contributed by atoms with Crippen LogP contribution in [0.25, 0.3) is 0 Å². The standard InChI is InChI=1S/C16H16BrFO3/c1-20-15-8-12(13(17)9-16(15)21-2)14(19)7-10-3-5-11(18)6-4-10/h3-6,8-9,14,19H,7H2,1-2H3. The van der Waals surface area contributed by atoms with E-state index < -0.39 is 6.10 Å². The van der Waals surface area contributed by atoms with Gasteiger partial charge in [-0.1, -0.05) is 28.1 Å². The number of methoxy groups -OCH3 is 2. The lowest BCUT2D eigenvalue weighted by atomic mass is 10.0. The third kappa shape index (κ3) is 3.74.